The van der Waals surface area contributed by atoms with Gasteiger partial charge in [0, 0.05) is 11.8 Å². The molecule has 138 valence electrons. The van der Waals surface area contributed by atoms with Gasteiger partial charge in [0.25, 0.3) is 0 Å². The predicted molar refractivity (Wildman–Crippen MR) is 95.7 cm³/mol. The highest BCUT2D eigenvalue weighted by atomic mass is 16.6. The van der Waals surface area contributed by atoms with Gasteiger partial charge in [-0.2, -0.15) is 0 Å². The number of hydrogen-bond acceptors (Lipinski definition) is 3. The minimum atomic E-state index is -0.631. The molecule has 1 amide bonds. The fourth-order valence-corrected chi connectivity index (χ4v) is 7.19. The second kappa shape index (κ2) is 5.59. The minimum Gasteiger partial charge on any atom is -0.446 e. The number of rotatable bonds is 1. The topological polar surface area (TPSA) is 69.4 Å². The molecular formula is C21H31NO3. The average Bonchev–Trinajstić information content (AvgIpc) is 2.85. The third-order valence-electron chi connectivity index (χ3n) is 8.48. The summed E-state index contributed by atoms with van der Waals surface area (Å²) in [6, 6.07) is 0. The Labute approximate surface area is 150 Å². The fourth-order valence-electron chi connectivity index (χ4n) is 7.19. The van der Waals surface area contributed by atoms with Crippen LogP contribution in [-0.2, 0) is 9.53 Å². The van der Waals surface area contributed by atoms with Crippen LogP contribution in [0, 0.1) is 34.5 Å². The molecule has 2 N–H and O–H groups in total. The van der Waals surface area contributed by atoms with Crippen molar-refractivity contribution in [3.05, 3.63) is 11.6 Å². The first-order chi connectivity index (χ1) is 11.8. The molecule has 0 aliphatic heterocycles. The molecular weight excluding hydrogens is 314 g/mol. The number of nitrogens with two attached hydrogens (primary N) is 1. The molecule has 25 heavy (non-hydrogen) atoms. The van der Waals surface area contributed by atoms with Crippen LogP contribution in [0.5, 0.6) is 0 Å². The molecule has 7 unspecified atom stereocenters. The molecule has 4 rings (SSSR count). The van der Waals surface area contributed by atoms with Crippen molar-refractivity contribution in [3.63, 3.8) is 0 Å². The van der Waals surface area contributed by atoms with Crippen LogP contribution in [0.15, 0.2) is 11.6 Å². The summed E-state index contributed by atoms with van der Waals surface area (Å²) in [6.45, 7) is 7.09. The summed E-state index contributed by atoms with van der Waals surface area (Å²) in [7, 11) is 0. The highest BCUT2D eigenvalue weighted by Gasteiger charge is 2.61. The van der Waals surface area contributed by atoms with Crippen molar-refractivity contribution in [2.24, 2.45) is 40.2 Å². The first-order valence-corrected chi connectivity index (χ1v) is 9.95. The van der Waals surface area contributed by atoms with Crippen LogP contribution in [0.4, 0.5) is 4.79 Å². The zero-order valence-corrected chi connectivity index (χ0v) is 15.7. The van der Waals surface area contributed by atoms with Crippen molar-refractivity contribution < 1.29 is 14.3 Å². The van der Waals surface area contributed by atoms with Crippen molar-refractivity contribution in [3.8, 4) is 0 Å². The molecule has 0 aromatic carbocycles. The van der Waals surface area contributed by atoms with Gasteiger partial charge in [0.2, 0.25) is 0 Å². The van der Waals surface area contributed by atoms with Crippen molar-refractivity contribution >= 4 is 11.9 Å². The van der Waals surface area contributed by atoms with Crippen molar-refractivity contribution in [2.45, 2.75) is 71.8 Å². The van der Waals surface area contributed by atoms with Gasteiger partial charge in [-0.15, -0.1) is 0 Å². The summed E-state index contributed by atoms with van der Waals surface area (Å²) >= 11 is 0. The molecule has 0 spiro atoms. The quantitative estimate of drug-likeness (QED) is 0.773. The molecule has 7 atom stereocenters. The maximum atomic E-state index is 12.0. The van der Waals surface area contributed by atoms with Gasteiger partial charge < -0.3 is 10.5 Å². The van der Waals surface area contributed by atoms with Gasteiger partial charge in [0.1, 0.15) is 6.10 Å². The molecule has 4 aliphatic rings. The van der Waals surface area contributed by atoms with E-state index >= 15 is 0 Å². The van der Waals surface area contributed by atoms with E-state index < -0.39 is 6.09 Å². The summed E-state index contributed by atoms with van der Waals surface area (Å²) in [5.41, 5.74) is 6.99. The molecule has 0 bridgehead atoms. The Morgan fingerprint density at radius 1 is 1.20 bits per heavy atom. The lowest BCUT2D eigenvalue weighted by atomic mass is 9.45. The standard InChI is InChI=1S/C21H31NO3/c1-12-10-13-11-14(23)6-8-20(13,2)16-7-9-21(3)15(18(12)16)4-5-17(21)25-19(22)24/h11-12,15-18H,4-10H2,1-3H3,(H2,22,24). The lowest BCUT2D eigenvalue weighted by molar-refractivity contribution is -0.119. The maximum Gasteiger partial charge on any atom is 0.404 e. The van der Waals surface area contributed by atoms with Crippen molar-refractivity contribution in [1.82, 2.24) is 0 Å². The average molecular weight is 345 g/mol. The molecule has 3 fully saturated rings. The van der Waals surface area contributed by atoms with Gasteiger partial charge in [0.05, 0.1) is 0 Å². The van der Waals surface area contributed by atoms with E-state index in [-0.39, 0.29) is 16.9 Å². The molecule has 4 nitrogen and oxygen atoms in total. The number of primary amides is 1. The molecule has 4 aliphatic carbocycles. The van der Waals surface area contributed by atoms with Crippen LogP contribution in [0.2, 0.25) is 0 Å². The number of hydrogen-bond donors (Lipinski definition) is 1. The third-order valence-corrected chi connectivity index (χ3v) is 8.48. The van der Waals surface area contributed by atoms with Gasteiger partial charge in [-0.1, -0.05) is 26.3 Å². The Kier molecular flexibility index (Phi) is 3.82. The SMILES string of the molecule is CC1CC2=CC(=O)CCC2(C)C2CCC3(C)C(OC(N)=O)CCC3C12. The number of ether oxygens (including phenoxy) is 1. The van der Waals surface area contributed by atoms with Crippen molar-refractivity contribution in [2.75, 3.05) is 0 Å². The molecule has 0 heterocycles. The summed E-state index contributed by atoms with van der Waals surface area (Å²) in [6.07, 6.45) is 8.42. The first-order valence-electron chi connectivity index (χ1n) is 9.95. The molecule has 0 aromatic rings. The van der Waals surface area contributed by atoms with Crippen molar-refractivity contribution in [1.29, 1.82) is 0 Å². The van der Waals surface area contributed by atoms with Gasteiger partial charge >= 0.3 is 6.09 Å². The maximum absolute atomic E-state index is 12.0. The van der Waals surface area contributed by atoms with E-state index in [4.69, 9.17) is 10.5 Å². The van der Waals surface area contributed by atoms with Gasteiger partial charge in [-0.3, -0.25) is 4.79 Å². The van der Waals surface area contributed by atoms with Gasteiger partial charge in [0.15, 0.2) is 5.78 Å². The monoisotopic (exact) mass is 345 g/mol. The van der Waals surface area contributed by atoms with E-state index in [0.717, 1.165) is 32.1 Å². The third kappa shape index (κ3) is 2.39. The number of allylic oxidation sites excluding steroid dienone is 1. The Bertz CT molecular complexity index is 641. The van der Waals surface area contributed by atoms with Crippen LogP contribution in [0.1, 0.15) is 65.7 Å². The van der Waals surface area contributed by atoms with E-state index in [2.05, 4.69) is 20.8 Å². The van der Waals surface area contributed by atoms with E-state index in [1.54, 1.807) is 0 Å². The summed E-state index contributed by atoms with van der Waals surface area (Å²) in [5.74, 6) is 2.82. The first kappa shape index (κ1) is 17.1. The number of amides is 1. The number of fused-ring (bicyclic) bond motifs is 5. The highest BCUT2D eigenvalue weighted by Crippen LogP contribution is 2.66. The zero-order valence-electron chi connectivity index (χ0n) is 15.7. The predicted octanol–water partition coefficient (Wildman–Crippen LogP) is 4.23. The van der Waals surface area contributed by atoms with E-state index in [1.807, 2.05) is 6.08 Å². The smallest absolute Gasteiger partial charge is 0.404 e. The molecule has 0 saturated heterocycles. The van der Waals surface area contributed by atoms with E-state index in [1.165, 1.54) is 12.0 Å². The zero-order chi connectivity index (χ0) is 18.0. The van der Waals surface area contributed by atoms with Gasteiger partial charge in [-0.05, 0) is 73.7 Å². The largest absolute Gasteiger partial charge is 0.446 e. The van der Waals surface area contributed by atoms with Crippen LogP contribution < -0.4 is 5.73 Å². The Balaban J connectivity index is 1.67. The minimum absolute atomic E-state index is 0.0270. The summed E-state index contributed by atoms with van der Waals surface area (Å²) in [4.78, 5) is 23.3. The normalized spacial score (nSPS) is 48.8. The lowest BCUT2D eigenvalue weighted by Crippen LogP contribution is -2.54. The molecule has 3 saturated carbocycles. The van der Waals surface area contributed by atoms with Crippen LogP contribution in [0.3, 0.4) is 0 Å². The van der Waals surface area contributed by atoms with E-state index in [0.29, 0.717) is 35.9 Å². The summed E-state index contributed by atoms with van der Waals surface area (Å²) < 4.78 is 5.53. The van der Waals surface area contributed by atoms with Crippen LogP contribution in [0.25, 0.3) is 0 Å². The highest BCUT2D eigenvalue weighted by molar-refractivity contribution is 5.91. The fraction of sp³-hybridized carbons (Fsp3) is 0.810. The second-order valence-electron chi connectivity index (χ2n) is 9.57. The molecule has 4 heteroatoms. The second-order valence-corrected chi connectivity index (χ2v) is 9.57. The summed E-state index contributed by atoms with van der Waals surface area (Å²) in [5, 5.41) is 0. The Hall–Kier alpha value is -1.32. The Morgan fingerprint density at radius 3 is 2.68 bits per heavy atom. The molecule has 0 radical (unpaired) electrons. The lowest BCUT2D eigenvalue weighted by Gasteiger charge is -2.59. The molecule has 0 aromatic heterocycles. The number of carbonyl (C=O) groups is 2. The Morgan fingerprint density at radius 2 is 1.96 bits per heavy atom. The van der Waals surface area contributed by atoms with E-state index in [9.17, 15) is 9.59 Å². The van der Waals surface area contributed by atoms with Gasteiger partial charge in [-0.25, -0.2) is 4.79 Å². The number of ketones is 1. The number of carbonyl (C=O) groups excluding carboxylic acids is 2. The van der Waals surface area contributed by atoms with Crippen LogP contribution >= 0.6 is 0 Å². The van der Waals surface area contributed by atoms with Crippen LogP contribution in [-0.4, -0.2) is 18.0 Å².